The molecule has 1 aromatic carbocycles. The minimum absolute atomic E-state index is 0.0757. The monoisotopic (exact) mass is 281 g/mol. The minimum atomic E-state index is -3.16. The van der Waals surface area contributed by atoms with Gasteiger partial charge in [0.2, 0.25) is 0 Å². The van der Waals surface area contributed by atoms with E-state index in [1.807, 2.05) is 0 Å². The van der Waals surface area contributed by atoms with E-state index >= 15 is 0 Å². The molecule has 0 aliphatic rings. The van der Waals surface area contributed by atoms with Gasteiger partial charge in [0.05, 0.1) is 21.6 Å². The van der Waals surface area contributed by atoms with Crippen LogP contribution in [0.3, 0.4) is 0 Å². The highest BCUT2D eigenvalue weighted by Crippen LogP contribution is 2.27. The van der Waals surface area contributed by atoms with Crippen molar-refractivity contribution in [2.45, 2.75) is 12.2 Å². The van der Waals surface area contributed by atoms with E-state index in [1.54, 1.807) is 18.2 Å². The molecule has 0 spiro atoms. The van der Waals surface area contributed by atoms with Gasteiger partial charge in [0.25, 0.3) is 0 Å². The van der Waals surface area contributed by atoms with Crippen LogP contribution in [0.5, 0.6) is 0 Å². The third-order valence-electron chi connectivity index (χ3n) is 2.07. The first-order chi connectivity index (χ1) is 7.46. The van der Waals surface area contributed by atoms with E-state index in [4.69, 9.17) is 28.9 Å². The van der Waals surface area contributed by atoms with Crippen molar-refractivity contribution in [2.75, 3.05) is 12.3 Å². The maximum atomic E-state index is 11.7. The first kappa shape index (κ1) is 13.8. The van der Waals surface area contributed by atoms with E-state index in [0.29, 0.717) is 28.6 Å². The molecule has 1 rings (SSSR count). The smallest absolute Gasteiger partial charge is 0.154 e. The van der Waals surface area contributed by atoms with Crippen molar-refractivity contribution >= 4 is 33.0 Å². The predicted octanol–water partition coefficient (Wildman–Crippen LogP) is 2.26. The van der Waals surface area contributed by atoms with Crippen LogP contribution in [-0.2, 0) is 15.6 Å². The van der Waals surface area contributed by atoms with E-state index in [2.05, 4.69) is 0 Å². The summed E-state index contributed by atoms with van der Waals surface area (Å²) in [5, 5.41) is 0.675. The molecule has 0 fully saturated rings. The van der Waals surface area contributed by atoms with Crippen molar-refractivity contribution in [1.29, 1.82) is 0 Å². The Balaban J connectivity index is 2.84. The Hall–Kier alpha value is -0.290. The molecule has 0 saturated carbocycles. The number of hydrogen-bond acceptors (Lipinski definition) is 3. The number of hydrogen-bond donors (Lipinski definition) is 1. The van der Waals surface area contributed by atoms with Gasteiger partial charge < -0.3 is 5.73 Å². The van der Waals surface area contributed by atoms with Crippen LogP contribution in [0.4, 0.5) is 0 Å². The average Bonchev–Trinajstić information content (AvgIpc) is 2.22. The molecule has 0 radical (unpaired) electrons. The molecule has 0 atom stereocenters. The quantitative estimate of drug-likeness (QED) is 0.901. The largest absolute Gasteiger partial charge is 0.330 e. The molecular weight excluding hydrogens is 269 g/mol. The van der Waals surface area contributed by atoms with Crippen molar-refractivity contribution in [1.82, 2.24) is 0 Å². The van der Waals surface area contributed by atoms with Gasteiger partial charge in [-0.05, 0) is 24.6 Å². The van der Waals surface area contributed by atoms with Gasteiger partial charge in [-0.25, -0.2) is 8.42 Å². The Bertz CT molecular complexity index is 460. The lowest BCUT2D eigenvalue weighted by Gasteiger charge is -2.06. The van der Waals surface area contributed by atoms with E-state index in [9.17, 15) is 8.42 Å². The van der Waals surface area contributed by atoms with Crippen molar-refractivity contribution < 1.29 is 8.42 Å². The second-order valence-corrected chi connectivity index (χ2v) is 6.42. The summed E-state index contributed by atoms with van der Waals surface area (Å²) >= 11 is 11.7. The second kappa shape index (κ2) is 5.87. The third-order valence-corrected chi connectivity index (χ3v) is 4.59. The molecule has 0 bridgehead atoms. The number of rotatable bonds is 5. The molecule has 6 heteroatoms. The number of nitrogens with two attached hydrogens (primary N) is 1. The topological polar surface area (TPSA) is 60.2 Å². The molecule has 0 saturated heterocycles. The van der Waals surface area contributed by atoms with Crippen LogP contribution in [0.1, 0.15) is 12.0 Å². The second-order valence-electron chi connectivity index (χ2n) is 3.45. The summed E-state index contributed by atoms with van der Waals surface area (Å²) in [6.45, 7) is 0.364. The minimum Gasteiger partial charge on any atom is -0.330 e. The highest BCUT2D eigenvalue weighted by atomic mass is 35.5. The van der Waals surface area contributed by atoms with Gasteiger partial charge in [-0.3, -0.25) is 0 Å². The van der Waals surface area contributed by atoms with Crippen LogP contribution < -0.4 is 5.73 Å². The lowest BCUT2D eigenvalue weighted by molar-refractivity contribution is 0.593. The zero-order chi connectivity index (χ0) is 12.2. The highest BCUT2D eigenvalue weighted by Gasteiger charge is 2.14. The molecule has 0 unspecified atom stereocenters. The number of halogens is 2. The highest BCUT2D eigenvalue weighted by molar-refractivity contribution is 7.90. The summed E-state index contributed by atoms with van der Waals surface area (Å²) < 4.78 is 23.3. The summed E-state index contributed by atoms with van der Waals surface area (Å²) in [4.78, 5) is 0. The van der Waals surface area contributed by atoms with Gasteiger partial charge in [0, 0.05) is 0 Å². The van der Waals surface area contributed by atoms with E-state index < -0.39 is 9.84 Å². The summed E-state index contributed by atoms with van der Waals surface area (Å²) in [6, 6.07) is 4.97. The van der Waals surface area contributed by atoms with E-state index in [-0.39, 0.29) is 11.5 Å². The standard InChI is InChI=1S/C10H13Cl2NO2S/c11-9-4-1-3-8(10(9)12)7-16(14,15)6-2-5-13/h1,3-4H,2,5-7,13H2. The molecule has 0 aliphatic heterocycles. The van der Waals surface area contributed by atoms with Crippen LogP contribution in [0.2, 0.25) is 10.0 Å². The third kappa shape index (κ3) is 3.94. The molecule has 3 nitrogen and oxygen atoms in total. The summed E-state index contributed by atoms with van der Waals surface area (Å²) in [5.41, 5.74) is 5.80. The van der Waals surface area contributed by atoms with Crippen LogP contribution in [0.25, 0.3) is 0 Å². The van der Waals surface area contributed by atoms with Crippen molar-refractivity contribution in [2.24, 2.45) is 5.73 Å². The first-order valence-corrected chi connectivity index (χ1v) is 7.37. The zero-order valence-corrected chi connectivity index (χ0v) is 10.9. The van der Waals surface area contributed by atoms with Crippen molar-refractivity contribution in [3.8, 4) is 0 Å². The molecule has 2 N–H and O–H groups in total. The van der Waals surface area contributed by atoms with Gasteiger partial charge in [0.1, 0.15) is 0 Å². The summed E-state index contributed by atoms with van der Waals surface area (Å²) in [7, 11) is -3.16. The Morgan fingerprint density at radius 1 is 1.25 bits per heavy atom. The van der Waals surface area contributed by atoms with Crippen LogP contribution >= 0.6 is 23.2 Å². The number of sulfone groups is 1. The summed E-state index contributed by atoms with van der Waals surface area (Å²) in [5.74, 6) is -0.0151. The fourth-order valence-corrected chi connectivity index (χ4v) is 3.20. The first-order valence-electron chi connectivity index (χ1n) is 4.79. The lowest BCUT2D eigenvalue weighted by atomic mass is 10.2. The Kier molecular flexibility index (Phi) is 5.05. The molecule has 0 aromatic heterocycles. The van der Waals surface area contributed by atoms with Crippen LogP contribution in [0.15, 0.2) is 18.2 Å². The van der Waals surface area contributed by atoms with Gasteiger partial charge in [-0.2, -0.15) is 0 Å². The van der Waals surface area contributed by atoms with Crippen LogP contribution in [-0.4, -0.2) is 20.7 Å². The van der Waals surface area contributed by atoms with Gasteiger partial charge in [-0.1, -0.05) is 35.3 Å². The Morgan fingerprint density at radius 3 is 2.56 bits per heavy atom. The fraction of sp³-hybridized carbons (Fsp3) is 0.400. The van der Waals surface area contributed by atoms with Gasteiger partial charge in [-0.15, -0.1) is 0 Å². The zero-order valence-electron chi connectivity index (χ0n) is 8.62. The normalized spacial score (nSPS) is 11.7. The van der Waals surface area contributed by atoms with E-state index in [0.717, 1.165) is 0 Å². The molecule has 1 aromatic rings. The fourth-order valence-electron chi connectivity index (χ4n) is 1.27. The van der Waals surface area contributed by atoms with Crippen molar-refractivity contribution in [3.63, 3.8) is 0 Å². The Labute approximate surface area is 105 Å². The maximum absolute atomic E-state index is 11.7. The molecule has 0 amide bonds. The lowest BCUT2D eigenvalue weighted by Crippen LogP contribution is -2.13. The molecule has 0 aliphatic carbocycles. The summed E-state index contributed by atoms with van der Waals surface area (Å²) in [6.07, 6.45) is 0.459. The SMILES string of the molecule is NCCCS(=O)(=O)Cc1cccc(Cl)c1Cl. The molecule has 0 heterocycles. The van der Waals surface area contributed by atoms with Crippen LogP contribution in [0, 0.1) is 0 Å². The maximum Gasteiger partial charge on any atom is 0.154 e. The predicted molar refractivity (Wildman–Crippen MR) is 67.6 cm³/mol. The van der Waals surface area contributed by atoms with Gasteiger partial charge >= 0.3 is 0 Å². The van der Waals surface area contributed by atoms with E-state index in [1.165, 1.54) is 0 Å². The van der Waals surface area contributed by atoms with Gasteiger partial charge in [0.15, 0.2) is 9.84 Å². The average molecular weight is 282 g/mol. The molecular formula is C10H13Cl2NO2S. The molecule has 90 valence electrons. The number of benzene rings is 1. The van der Waals surface area contributed by atoms with Crippen molar-refractivity contribution in [3.05, 3.63) is 33.8 Å². The Morgan fingerprint density at radius 2 is 1.94 bits per heavy atom. The molecule has 16 heavy (non-hydrogen) atoms.